The molecule has 0 aromatic carbocycles. The van der Waals surface area contributed by atoms with Gasteiger partial charge in [-0.05, 0) is 50.7 Å². The first-order valence-corrected chi connectivity index (χ1v) is 6.88. The summed E-state index contributed by atoms with van der Waals surface area (Å²) in [6.07, 6.45) is 1.89. The number of ether oxygens (including phenoxy) is 1. The molecule has 0 atom stereocenters. The fourth-order valence-corrected chi connectivity index (χ4v) is 2.41. The van der Waals surface area contributed by atoms with Crippen LogP contribution in [0.25, 0.3) is 11.1 Å². The lowest BCUT2D eigenvalue weighted by molar-refractivity contribution is 0.112. The number of hydrogen-bond donors (Lipinski definition) is 0. The largest absolute Gasteiger partial charge is 0.493 e. The maximum absolute atomic E-state index is 11.1. The summed E-state index contributed by atoms with van der Waals surface area (Å²) in [5.41, 5.74) is 3.82. The van der Waals surface area contributed by atoms with Crippen LogP contribution in [0.5, 0.6) is 5.75 Å². The SMILES string of the molecule is Cc1cc(C=O)c2ccccc(OCCCN(C)C)c1-2. The molecule has 0 aliphatic heterocycles. The van der Waals surface area contributed by atoms with E-state index in [1.165, 1.54) is 0 Å². The van der Waals surface area contributed by atoms with Crippen LogP contribution >= 0.6 is 0 Å². The van der Waals surface area contributed by atoms with Gasteiger partial charge in [0.2, 0.25) is 0 Å². The third-order valence-electron chi connectivity index (χ3n) is 3.35. The summed E-state index contributed by atoms with van der Waals surface area (Å²) in [6, 6.07) is 9.76. The molecule has 0 N–H and O–H groups in total. The van der Waals surface area contributed by atoms with Crippen molar-refractivity contribution in [2.24, 2.45) is 0 Å². The van der Waals surface area contributed by atoms with E-state index in [1.54, 1.807) is 0 Å². The van der Waals surface area contributed by atoms with Gasteiger partial charge < -0.3 is 9.64 Å². The topological polar surface area (TPSA) is 29.5 Å². The third kappa shape index (κ3) is 3.17. The zero-order chi connectivity index (χ0) is 14.5. The zero-order valence-electron chi connectivity index (χ0n) is 12.3. The molecule has 0 fully saturated rings. The molecular weight excluding hydrogens is 250 g/mol. The number of hydrogen-bond acceptors (Lipinski definition) is 3. The monoisotopic (exact) mass is 271 g/mol. The number of nitrogens with zero attached hydrogens (tertiary/aromatic N) is 1. The van der Waals surface area contributed by atoms with Gasteiger partial charge in [-0.25, -0.2) is 0 Å². The van der Waals surface area contributed by atoms with Crippen LogP contribution in [-0.2, 0) is 0 Å². The van der Waals surface area contributed by atoms with Gasteiger partial charge in [0.25, 0.3) is 0 Å². The number of aryl methyl sites for hydroxylation is 1. The highest BCUT2D eigenvalue weighted by atomic mass is 16.5. The molecule has 0 heterocycles. The summed E-state index contributed by atoms with van der Waals surface area (Å²) in [5, 5.41) is 0. The Hall–Kier alpha value is -1.87. The van der Waals surface area contributed by atoms with Gasteiger partial charge in [0, 0.05) is 17.7 Å². The fraction of sp³-hybridized carbons (Fsp3) is 0.353. The number of carbonyl (C=O) groups is 1. The zero-order valence-corrected chi connectivity index (χ0v) is 12.3. The van der Waals surface area contributed by atoms with E-state index >= 15 is 0 Å². The van der Waals surface area contributed by atoms with E-state index in [1.807, 2.05) is 37.3 Å². The maximum Gasteiger partial charge on any atom is 0.150 e. The van der Waals surface area contributed by atoms with E-state index in [-0.39, 0.29) is 0 Å². The first-order valence-electron chi connectivity index (χ1n) is 6.88. The van der Waals surface area contributed by atoms with Gasteiger partial charge >= 0.3 is 0 Å². The van der Waals surface area contributed by atoms with E-state index in [0.717, 1.165) is 47.3 Å². The third-order valence-corrected chi connectivity index (χ3v) is 3.35. The van der Waals surface area contributed by atoms with Gasteiger partial charge in [-0.1, -0.05) is 18.2 Å². The number of fused-ring (bicyclic) bond motifs is 1. The van der Waals surface area contributed by atoms with E-state index in [9.17, 15) is 4.79 Å². The molecule has 0 spiro atoms. The summed E-state index contributed by atoms with van der Waals surface area (Å²) in [6.45, 7) is 3.70. The predicted molar refractivity (Wildman–Crippen MR) is 81.9 cm³/mol. The van der Waals surface area contributed by atoms with E-state index in [0.29, 0.717) is 6.61 Å². The minimum atomic E-state index is 0.679. The molecule has 0 bridgehead atoms. The van der Waals surface area contributed by atoms with Crippen LogP contribution < -0.4 is 4.74 Å². The molecule has 2 aliphatic carbocycles. The molecule has 2 rings (SSSR count). The Kier molecular flexibility index (Phi) is 4.74. The van der Waals surface area contributed by atoms with Crippen LogP contribution in [0.1, 0.15) is 22.3 Å². The first-order chi connectivity index (χ1) is 9.63. The molecule has 20 heavy (non-hydrogen) atoms. The summed E-state index contributed by atoms with van der Waals surface area (Å²) in [5.74, 6) is 0.856. The van der Waals surface area contributed by atoms with Crippen molar-refractivity contribution in [1.29, 1.82) is 0 Å². The molecule has 0 unspecified atom stereocenters. The number of aldehydes is 1. The van der Waals surface area contributed by atoms with Crippen molar-refractivity contribution in [3.63, 3.8) is 0 Å². The molecule has 3 heteroatoms. The van der Waals surface area contributed by atoms with Crippen molar-refractivity contribution in [3.8, 4) is 16.9 Å². The molecule has 0 amide bonds. The number of carbonyl (C=O) groups excluding carboxylic acids is 1. The Balaban J connectivity index is 2.22. The summed E-state index contributed by atoms with van der Waals surface area (Å²) in [4.78, 5) is 13.3. The second-order valence-electron chi connectivity index (χ2n) is 5.28. The van der Waals surface area contributed by atoms with Crippen LogP contribution in [0, 0.1) is 6.92 Å². The van der Waals surface area contributed by atoms with Gasteiger partial charge in [0.15, 0.2) is 6.29 Å². The molecule has 0 aromatic rings. The van der Waals surface area contributed by atoms with E-state index in [2.05, 4.69) is 19.0 Å². The van der Waals surface area contributed by atoms with Gasteiger partial charge in [-0.15, -0.1) is 0 Å². The highest BCUT2D eigenvalue weighted by Gasteiger charge is 2.16. The highest BCUT2D eigenvalue weighted by molar-refractivity contribution is 5.93. The maximum atomic E-state index is 11.1. The van der Waals surface area contributed by atoms with Gasteiger partial charge in [0.05, 0.1) is 6.61 Å². The predicted octanol–water partition coefficient (Wildman–Crippen LogP) is 3.24. The second-order valence-corrected chi connectivity index (χ2v) is 5.28. The Labute approximate surface area is 120 Å². The smallest absolute Gasteiger partial charge is 0.150 e. The minimum Gasteiger partial charge on any atom is -0.493 e. The van der Waals surface area contributed by atoms with Gasteiger partial charge in [-0.2, -0.15) is 0 Å². The van der Waals surface area contributed by atoms with Crippen molar-refractivity contribution >= 4 is 6.29 Å². The molecule has 0 saturated carbocycles. The van der Waals surface area contributed by atoms with Crippen molar-refractivity contribution in [1.82, 2.24) is 4.90 Å². The Morgan fingerprint density at radius 1 is 1.25 bits per heavy atom. The number of rotatable bonds is 6. The van der Waals surface area contributed by atoms with E-state index in [4.69, 9.17) is 4.74 Å². The highest BCUT2D eigenvalue weighted by Crippen LogP contribution is 2.37. The normalized spacial score (nSPS) is 11.0. The standard InChI is InChI=1S/C17H21NO2/c1-13-11-14(12-19)15-7-4-5-8-16(17(13)15)20-10-6-9-18(2)3/h4-5,7-8,11-12H,6,9-10H2,1-3H3. The van der Waals surface area contributed by atoms with Gasteiger partial charge in [-0.3, -0.25) is 4.79 Å². The lowest BCUT2D eigenvalue weighted by atomic mass is 10.1. The molecule has 106 valence electrons. The first kappa shape index (κ1) is 14.5. The summed E-state index contributed by atoms with van der Waals surface area (Å²) in [7, 11) is 4.11. The molecule has 0 radical (unpaired) electrons. The second kappa shape index (κ2) is 6.53. The van der Waals surface area contributed by atoms with Crippen molar-refractivity contribution in [2.45, 2.75) is 13.3 Å². The quantitative estimate of drug-likeness (QED) is 0.596. The van der Waals surface area contributed by atoms with Gasteiger partial charge in [0.1, 0.15) is 5.75 Å². The van der Waals surface area contributed by atoms with Crippen LogP contribution in [0.3, 0.4) is 0 Å². The average Bonchev–Trinajstić information content (AvgIpc) is 2.60. The van der Waals surface area contributed by atoms with Crippen LogP contribution in [0.2, 0.25) is 0 Å². The van der Waals surface area contributed by atoms with Crippen LogP contribution in [0.4, 0.5) is 0 Å². The molecular formula is C17H21NO2. The van der Waals surface area contributed by atoms with E-state index < -0.39 is 0 Å². The summed E-state index contributed by atoms with van der Waals surface area (Å²) < 4.78 is 5.93. The molecule has 3 nitrogen and oxygen atoms in total. The Morgan fingerprint density at radius 2 is 2.00 bits per heavy atom. The summed E-state index contributed by atoms with van der Waals surface area (Å²) >= 11 is 0. The minimum absolute atomic E-state index is 0.679. The Bertz CT molecular complexity index is 563. The fourth-order valence-electron chi connectivity index (χ4n) is 2.41. The molecule has 0 aromatic heterocycles. The molecule has 2 aliphatic rings. The van der Waals surface area contributed by atoms with Crippen molar-refractivity contribution in [2.75, 3.05) is 27.2 Å². The lowest BCUT2D eigenvalue weighted by Gasteiger charge is -2.12. The van der Waals surface area contributed by atoms with Crippen LogP contribution in [0.15, 0.2) is 30.3 Å². The molecule has 0 saturated heterocycles. The average molecular weight is 271 g/mol. The van der Waals surface area contributed by atoms with Crippen molar-refractivity contribution < 1.29 is 9.53 Å². The van der Waals surface area contributed by atoms with Crippen LogP contribution in [-0.4, -0.2) is 38.4 Å². The van der Waals surface area contributed by atoms with Crippen molar-refractivity contribution in [3.05, 3.63) is 41.5 Å². The Morgan fingerprint density at radius 3 is 2.70 bits per heavy atom. The lowest BCUT2D eigenvalue weighted by Crippen LogP contribution is -2.15.